The summed E-state index contributed by atoms with van der Waals surface area (Å²) in [6.07, 6.45) is 0. The number of carbonyl (C=O) groups excluding carboxylic acids is 1. The average molecular weight is 365 g/mol. The van der Waals surface area contributed by atoms with Crippen molar-refractivity contribution in [2.45, 2.75) is 6.61 Å². The summed E-state index contributed by atoms with van der Waals surface area (Å²) in [4.78, 5) is 12.0. The lowest BCUT2D eigenvalue weighted by molar-refractivity contribution is 0.0473. The lowest BCUT2D eigenvalue weighted by Gasteiger charge is -2.09. The molecule has 0 aliphatic heterocycles. The highest BCUT2D eigenvalue weighted by atomic mass is 35.5. The number of hydrogen-bond acceptors (Lipinski definition) is 3. The maximum Gasteiger partial charge on any atom is 0.338 e. The molecule has 21 heavy (non-hydrogen) atoms. The minimum atomic E-state index is -0.587. The zero-order chi connectivity index (χ0) is 15.6. The van der Waals surface area contributed by atoms with Gasteiger partial charge in [-0.15, -0.1) is 0 Å². The Balaban J connectivity index is 2.14. The molecule has 7 heteroatoms. The number of ether oxygens (including phenoxy) is 1. The second-order valence-electron chi connectivity index (χ2n) is 4.15. The maximum atomic E-state index is 12.0. The molecule has 3 nitrogen and oxygen atoms in total. The molecule has 0 aliphatic carbocycles. The zero-order valence-electron chi connectivity index (χ0n) is 10.5. The second-order valence-corrected chi connectivity index (χ2v) is 5.72. The topological polar surface area (TPSA) is 52.3 Å². The predicted molar refractivity (Wildman–Crippen MR) is 86.5 cm³/mol. The first-order valence-electron chi connectivity index (χ1n) is 5.74. The lowest BCUT2D eigenvalue weighted by atomic mass is 10.2. The van der Waals surface area contributed by atoms with Gasteiger partial charge in [0, 0.05) is 5.56 Å². The Labute approximate surface area is 141 Å². The molecule has 2 rings (SSSR count). The number of benzene rings is 2. The Morgan fingerprint density at radius 1 is 1.05 bits per heavy atom. The normalized spacial score (nSPS) is 10.5. The van der Waals surface area contributed by atoms with E-state index in [1.54, 1.807) is 18.2 Å². The predicted octanol–water partition coefficient (Wildman–Crippen LogP) is 5.24. The molecule has 0 fully saturated rings. The fourth-order valence-electron chi connectivity index (χ4n) is 1.61. The molecule has 0 bridgehead atoms. The Kier molecular flexibility index (Phi) is 5.22. The van der Waals surface area contributed by atoms with E-state index in [-0.39, 0.29) is 27.9 Å². The number of anilines is 1. The van der Waals surface area contributed by atoms with Gasteiger partial charge in [0.25, 0.3) is 0 Å². The highest BCUT2D eigenvalue weighted by Crippen LogP contribution is 2.30. The molecular weight excluding hydrogens is 356 g/mol. The molecule has 2 N–H and O–H groups in total. The number of halogens is 4. The monoisotopic (exact) mass is 363 g/mol. The molecule has 2 aromatic rings. The number of nitrogen functional groups attached to an aromatic ring is 1. The molecule has 0 amide bonds. The van der Waals surface area contributed by atoms with Gasteiger partial charge >= 0.3 is 5.97 Å². The summed E-state index contributed by atoms with van der Waals surface area (Å²) in [5.74, 6) is -0.587. The van der Waals surface area contributed by atoms with Gasteiger partial charge in [0.1, 0.15) is 6.61 Å². The summed E-state index contributed by atoms with van der Waals surface area (Å²) in [6, 6.07) is 7.87. The van der Waals surface area contributed by atoms with Crippen molar-refractivity contribution in [2.24, 2.45) is 0 Å². The van der Waals surface area contributed by atoms with Gasteiger partial charge in [0.05, 0.1) is 31.3 Å². The van der Waals surface area contributed by atoms with Crippen LogP contribution in [0.4, 0.5) is 5.69 Å². The van der Waals surface area contributed by atoms with Crippen molar-refractivity contribution in [2.75, 3.05) is 5.73 Å². The molecule has 0 saturated heterocycles. The molecule has 0 atom stereocenters. The van der Waals surface area contributed by atoms with Gasteiger partial charge in [-0.2, -0.15) is 0 Å². The molecule has 2 aromatic carbocycles. The van der Waals surface area contributed by atoms with Gasteiger partial charge in [-0.25, -0.2) is 4.79 Å². The number of hydrogen-bond donors (Lipinski definition) is 1. The van der Waals surface area contributed by atoms with Crippen LogP contribution in [-0.4, -0.2) is 5.97 Å². The Bertz CT molecular complexity index is 680. The van der Waals surface area contributed by atoms with Gasteiger partial charge in [-0.3, -0.25) is 0 Å². The van der Waals surface area contributed by atoms with Crippen LogP contribution in [-0.2, 0) is 11.3 Å². The molecule has 0 aromatic heterocycles. The smallest absolute Gasteiger partial charge is 0.338 e. The van der Waals surface area contributed by atoms with Gasteiger partial charge in [-0.1, -0.05) is 58.5 Å². The Morgan fingerprint density at radius 2 is 1.76 bits per heavy atom. The number of rotatable bonds is 3. The van der Waals surface area contributed by atoms with Crippen molar-refractivity contribution >= 4 is 58.1 Å². The van der Waals surface area contributed by atoms with Crippen molar-refractivity contribution < 1.29 is 9.53 Å². The van der Waals surface area contributed by atoms with Gasteiger partial charge in [0.15, 0.2) is 0 Å². The van der Waals surface area contributed by atoms with Gasteiger partial charge in [0.2, 0.25) is 0 Å². The van der Waals surface area contributed by atoms with Crippen LogP contribution in [0.1, 0.15) is 15.9 Å². The quantitative estimate of drug-likeness (QED) is 0.598. The van der Waals surface area contributed by atoms with Crippen molar-refractivity contribution in [3.8, 4) is 0 Å². The third-order valence-electron chi connectivity index (χ3n) is 2.68. The van der Waals surface area contributed by atoms with Crippen LogP contribution in [0.15, 0.2) is 30.3 Å². The van der Waals surface area contributed by atoms with Crippen LogP contribution < -0.4 is 5.73 Å². The first-order valence-corrected chi connectivity index (χ1v) is 7.26. The van der Waals surface area contributed by atoms with Crippen LogP contribution >= 0.6 is 46.4 Å². The van der Waals surface area contributed by atoms with Crippen LogP contribution in [0.25, 0.3) is 0 Å². The van der Waals surface area contributed by atoms with Crippen LogP contribution in [0.2, 0.25) is 20.1 Å². The van der Waals surface area contributed by atoms with E-state index in [4.69, 9.17) is 56.9 Å². The molecule has 110 valence electrons. The van der Waals surface area contributed by atoms with Gasteiger partial charge in [-0.05, 0) is 18.2 Å². The molecule has 0 unspecified atom stereocenters. The summed E-state index contributed by atoms with van der Waals surface area (Å²) in [5.41, 5.74) is 6.66. The van der Waals surface area contributed by atoms with E-state index in [0.29, 0.717) is 15.6 Å². The highest BCUT2D eigenvalue weighted by molar-refractivity contribution is 6.44. The fourth-order valence-corrected chi connectivity index (χ4v) is 2.33. The standard InChI is InChI=1S/C14H9Cl4NO2/c15-9-3-1-2-7(12(9)17)6-21-14(20)8-4-10(16)13(18)11(19)5-8/h1-5H,6,19H2. The van der Waals surface area contributed by atoms with E-state index in [2.05, 4.69) is 0 Å². The summed E-state index contributed by atoms with van der Waals surface area (Å²) in [5, 5.41) is 1.13. The fraction of sp³-hybridized carbons (Fsp3) is 0.0714. The van der Waals surface area contributed by atoms with Crippen LogP contribution in [0, 0.1) is 0 Å². The highest BCUT2D eigenvalue weighted by Gasteiger charge is 2.14. The Hall–Kier alpha value is -1.13. The van der Waals surface area contributed by atoms with Crippen molar-refractivity contribution in [3.05, 3.63) is 61.5 Å². The SMILES string of the molecule is Nc1cc(C(=O)OCc2cccc(Cl)c2Cl)cc(Cl)c1Cl. The third-order valence-corrected chi connectivity index (χ3v) is 4.36. The average Bonchev–Trinajstić information content (AvgIpc) is 2.45. The first kappa shape index (κ1) is 16.2. The van der Waals surface area contributed by atoms with Gasteiger partial charge < -0.3 is 10.5 Å². The molecule has 0 heterocycles. The van der Waals surface area contributed by atoms with E-state index < -0.39 is 5.97 Å². The largest absolute Gasteiger partial charge is 0.457 e. The van der Waals surface area contributed by atoms with Crippen LogP contribution in [0.3, 0.4) is 0 Å². The Morgan fingerprint density at radius 3 is 2.43 bits per heavy atom. The molecule has 0 radical (unpaired) electrons. The minimum absolute atomic E-state index is 0.0155. The maximum absolute atomic E-state index is 12.0. The zero-order valence-corrected chi connectivity index (χ0v) is 13.5. The minimum Gasteiger partial charge on any atom is -0.457 e. The molecule has 0 aliphatic rings. The lowest BCUT2D eigenvalue weighted by Crippen LogP contribution is -2.06. The third kappa shape index (κ3) is 3.74. The van der Waals surface area contributed by atoms with E-state index in [9.17, 15) is 4.79 Å². The van der Waals surface area contributed by atoms with Crippen molar-refractivity contribution in [1.29, 1.82) is 0 Å². The molecule has 0 spiro atoms. The molecule has 0 saturated carbocycles. The van der Waals surface area contributed by atoms with Crippen LogP contribution in [0.5, 0.6) is 0 Å². The van der Waals surface area contributed by atoms with Crippen molar-refractivity contribution in [3.63, 3.8) is 0 Å². The second kappa shape index (κ2) is 6.75. The summed E-state index contributed by atoms with van der Waals surface area (Å²) in [6.45, 7) is -0.0155. The molecular formula is C14H9Cl4NO2. The summed E-state index contributed by atoms with van der Waals surface area (Å²) < 4.78 is 5.16. The number of carbonyl (C=O) groups is 1. The van der Waals surface area contributed by atoms with Crippen molar-refractivity contribution in [1.82, 2.24) is 0 Å². The summed E-state index contributed by atoms with van der Waals surface area (Å²) in [7, 11) is 0. The summed E-state index contributed by atoms with van der Waals surface area (Å²) >= 11 is 23.6. The van der Waals surface area contributed by atoms with E-state index in [1.807, 2.05) is 0 Å². The van der Waals surface area contributed by atoms with E-state index in [1.165, 1.54) is 12.1 Å². The number of esters is 1. The van der Waals surface area contributed by atoms with E-state index in [0.717, 1.165) is 0 Å². The van der Waals surface area contributed by atoms with E-state index >= 15 is 0 Å². The first-order chi connectivity index (χ1) is 9.90. The number of nitrogens with two attached hydrogens (primary N) is 1.